The molecule has 0 N–H and O–H groups in total. The van der Waals surface area contributed by atoms with Crippen molar-refractivity contribution in [3.8, 4) is 0 Å². The lowest BCUT2D eigenvalue weighted by Gasteiger charge is -2.29. The van der Waals surface area contributed by atoms with Gasteiger partial charge in [-0.2, -0.15) is 0 Å². The number of halogens is 3. The van der Waals surface area contributed by atoms with Crippen molar-refractivity contribution in [3.63, 3.8) is 0 Å². The van der Waals surface area contributed by atoms with Crippen molar-refractivity contribution in [3.05, 3.63) is 33.8 Å². The molecular weight excluding hydrogens is 331 g/mol. The van der Waals surface area contributed by atoms with Gasteiger partial charge < -0.3 is 4.74 Å². The monoisotopic (exact) mass is 342 g/mol. The van der Waals surface area contributed by atoms with Crippen LogP contribution in [0, 0.1) is 5.92 Å². The molecule has 1 aliphatic rings. The average molecular weight is 344 g/mol. The van der Waals surface area contributed by atoms with Crippen LogP contribution in [0.5, 0.6) is 0 Å². The third kappa shape index (κ3) is 3.99. The van der Waals surface area contributed by atoms with Crippen molar-refractivity contribution >= 4 is 42.9 Å². The molecule has 0 spiro atoms. The van der Waals surface area contributed by atoms with E-state index >= 15 is 0 Å². The summed E-state index contributed by atoms with van der Waals surface area (Å²) < 4.78 is 28.5. The van der Waals surface area contributed by atoms with E-state index in [2.05, 4.69) is 0 Å². The zero-order valence-electron chi connectivity index (χ0n) is 9.98. The molecule has 0 saturated carbocycles. The molecule has 1 fully saturated rings. The Labute approximate surface area is 127 Å². The Morgan fingerprint density at radius 3 is 2.68 bits per heavy atom. The van der Waals surface area contributed by atoms with Crippen LogP contribution in [-0.2, 0) is 20.2 Å². The summed E-state index contributed by atoms with van der Waals surface area (Å²) in [5, 5.41) is 0.494. The number of ether oxygens (including phenoxy) is 1. The topological polar surface area (TPSA) is 43.4 Å². The van der Waals surface area contributed by atoms with E-state index in [1.807, 2.05) is 0 Å². The van der Waals surface area contributed by atoms with E-state index in [4.69, 9.17) is 38.6 Å². The van der Waals surface area contributed by atoms with E-state index in [0.29, 0.717) is 36.1 Å². The standard InChI is InChI=1S/C12H13Cl3O3S/c13-10-2-1-8(11(14)6-10)5-9-7-18-4-3-12(9)19(15,16)17/h1-2,6,9,12H,3-5,7H2/t9-,12+/m0/s1. The van der Waals surface area contributed by atoms with Gasteiger partial charge in [-0.05, 0) is 30.5 Å². The quantitative estimate of drug-likeness (QED) is 0.789. The highest BCUT2D eigenvalue weighted by Crippen LogP contribution is 2.30. The fourth-order valence-electron chi connectivity index (χ4n) is 2.31. The van der Waals surface area contributed by atoms with Crippen LogP contribution >= 0.6 is 33.9 Å². The lowest BCUT2D eigenvalue weighted by Crippen LogP contribution is -2.37. The van der Waals surface area contributed by atoms with Crippen molar-refractivity contribution in [1.82, 2.24) is 0 Å². The number of benzene rings is 1. The molecule has 3 nitrogen and oxygen atoms in total. The number of hydrogen-bond acceptors (Lipinski definition) is 3. The molecule has 1 aliphatic heterocycles. The lowest BCUT2D eigenvalue weighted by molar-refractivity contribution is 0.0577. The van der Waals surface area contributed by atoms with Crippen molar-refractivity contribution in [2.75, 3.05) is 13.2 Å². The second-order valence-electron chi connectivity index (χ2n) is 4.58. The Morgan fingerprint density at radius 1 is 1.32 bits per heavy atom. The molecule has 2 rings (SSSR count). The first-order valence-corrected chi connectivity index (χ1v) is 8.96. The summed E-state index contributed by atoms with van der Waals surface area (Å²) in [5.41, 5.74) is 0.854. The summed E-state index contributed by atoms with van der Waals surface area (Å²) in [5.74, 6) is -0.185. The van der Waals surface area contributed by atoms with E-state index in [-0.39, 0.29) is 5.92 Å². The zero-order chi connectivity index (χ0) is 14.0. The lowest BCUT2D eigenvalue weighted by atomic mass is 9.93. The van der Waals surface area contributed by atoms with Gasteiger partial charge >= 0.3 is 0 Å². The van der Waals surface area contributed by atoms with Crippen molar-refractivity contribution in [1.29, 1.82) is 0 Å². The molecule has 1 aromatic carbocycles. The van der Waals surface area contributed by atoms with E-state index in [1.165, 1.54) is 0 Å². The summed E-state index contributed by atoms with van der Waals surface area (Å²) in [6.45, 7) is 0.789. The molecule has 1 aromatic rings. The molecule has 1 heterocycles. The van der Waals surface area contributed by atoms with Crippen LogP contribution < -0.4 is 0 Å². The van der Waals surface area contributed by atoms with Crippen molar-refractivity contribution < 1.29 is 13.2 Å². The minimum atomic E-state index is -3.59. The Hall–Kier alpha value is -0.000000000000000111. The summed E-state index contributed by atoms with van der Waals surface area (Å²) in [7, 11) is 1.91. The van der Waals surface area contributed by atoms with Gasteiger partial charge in [0.1, 0.15) is 0 Å². The highest BCUT2D eigenvalue weighted by atomic mass is 35.7. The van der Waals surface area contributed by atoms with Gasteiger partial charge in [0.05, 0.1) is 11.9 Å². The maximum absolute atomic E-state index is 11.6. The second kappa shape index (κ2) is 6.19. The van der Waals surface area contributed by atoms with Crippen LogP contribution in [-0.4, -0.2) is 26.9 Å². The SMILES string of the molecule is O=S(=O)(Cl)[C@@H]1CCOC[C@@H]1Cc1ccc(Cl)cc1Cl. The van der Waals surface area contributed by atoms with Gasteiger partial charge in [-0.25, -0.2) is 8.42 Å². The molecule has 0 radical (unpaired) electrons. The molecule has 106 valence electrons. The maximum atomic E-state index is 11.6. The molecule has 2 atom stereocenters. The van der Waals surface area contributed by atoms with E-state index < -0.39 is 14.3 Å². The first-order valence-electron chi connectivity index (χ1n) is 5.83. The summed E-state index contributed by atoms with van der Waals surface area (Å²) in [4.78, 5) is 0. The summed E-state index contributed by atoms with van der Waals surface area (Å²) in [6.07, 6.45) is 0.925. The zero-order valence-corrected chi connectivity index (χ0v) is 13.1. The van der Waals surface area contributed by atoms with Gasteiger partial charge in [0.15, 0.2) is 0 Å². The fourth-order valence-corrected chi connectivity index (χ4v) is 4.51. The van der Waals surface area contributed by atoms with Crippen LogP contribution in [0.3, 0.4) is 0 Å². The first kappa shape index (κ1) is 15.4. The number of rotatable bonds is 3. The normalized spacial score (nSPS) is 24.4. The summed E-state index contributed by atoms with van der Waals surface area (Å²) >= 11 is 11.9. The first-order chi connectivity index (χ1) is 8.88. The third-order valence-corrected chi connectivity index (χ3v) is 5.88. The van der Waals surface area contributed by atoms with Gasteiger partial charge in [0.2, 0.25) is 9.05 Å². The maximum Gasteiger partial charge on any atom is 0.235 e. The molecule has 0 aliphatic carbocycles. The van der Waals surface area contributed by atoms with E-state index in [0.717, 1.165) is 5.56 Å². The van der Waals surface area contributed by atoms with Crippen LogP contribution in [0.15, 0.2) is 18.2 Å². The molecule has 19 heavy (non-hydrogen) atoms. The van der Waals surface area contributed by atoms with Gasteiger partial charge in [-0.15, -0.1) is 0 Å². The molecule has 1 saturated heterocycles. The van der Waals surface area contributed by atoms with Gasteiger partial charge in [0, 0.05) is 33.3 Å². The van der Waals surface area contributed by atoms with Gasteiger partial charge in [0.25, 0.3) is 0 Å². The smallest absolute Gasteiger partial charge is 0.235 e. The van der Waals surface area contributed by atoms with Crippen molar-refractivity contribution in [2.24, 2.45) is 5.92 Å². The minimum Gasteiger partial charge on any atom is -0.381 e. The van der Waals surface area contributed by atoms with Crippen LogP contribution in [0.4, 0.5) is 0 Å². The molecule has 7 heteroatoms. The Morgan fingerprint density at radius 2 is 2.05 bits per heavy atom. The minimum absolute atomic E-state index is 0.185. The third-order valence-electron chi connectivity index (χ3n) is 3.26. The Balaban J connectivity index is 2.20. The molecule has 0 aromatic heterocycles. The van der Waals surface area contributed by atoms with Crippen LogP contribution in [0.1, 0.15) is 12.0 Å². The van der Waals surface area contributed by atoms with Crippen molar-refractivity contribution in [2.45, 2.75) is 18.1 Å². The van der Waals surface area contributed by atoms with Crippen LogP contribution in [0.2, 0.25) is 10.0 Å². The molecule has 0 unspecified atom stereocenters. The highest BCUT2D eigenvalue weighted by molar-refractivity contribution is 8.14. The fraction of sp³-hybridized carbons (Fsp3) is 0.500. The van der Waals surface area contributed by atoms with Crippen LogP contribution in [0.25, 0.3) is 0 Å². The molecule has 0 bridgehead atoms. The highest BCUT2D eigenvalue weighted by Gasteiger charge is 2.35. The molecule has 0 amide bonds. The summed E-state index contributed by atoms with van der Waals surface area (Å²) in [6, 6.07) is 5.18. The van der Waals surface area contributed by atoms with E-state index in [9.17, 15) is 8.42 Å². The molecular formula is C12H13Cl3O3S. The van der Waals surface area contributed by atoms with Gasteiger partial charge in [-0.1, -0.05) is 29.3 Å². The average Bonchev–Trinajstić information content (AvgIpc) is 2.32. The predicted molar refractivity (Wildman–Crippen MR) is 77.7 cm³/mol. The number of hydrogen-bond donors (Lipinski definition) is 0. The van der Waals surface area contributed by atoms with E-state index in [1.54, 1.807) is 18.2 Å². The Kier molecular flexibility index (Phi) is 5.01. The largest absolute Gasteiger partial charge is 0.381 e. The Bertz CT molecular complexity index is 559. The van der Waals surface area contributed by atoms with Gasteiger partial charge in [-0.3, -0.25) is 0 Å². The second-order valence-corrected chi connectivity index (χ2v) is 8.27. The predicted octanol–water partition coefficient (Wildman–Crippen LogP) is 3.51.